The third-order valence-corrected chi connectivity index (χ3v) is 4.64. The van der Waals surface area contributed by atoms with Gasteiger partial charge in [0.05, 0.1) is 5.69 Å². The van der Waals surface area contributed by atoms with Crippen LogP contribution in [0.1, 0.15) is 25.3 Å². The smallest absolute Gasteiger partial charge is 0.0511 e. The van der Waals surface area contributed by atoms with E-state index in [0.717, 1.165) is 26.2 Å². The summed E-state index contributed by atoms with van der Waals surface area (Å²) in [5.74, 6) is 0. The van der Waals surface area contributed by atoms with Gasteiger partial charge in [-0.3, -0.25) is 0 Å². The van der Waals surface area contributed by atoms with E-state index in [9.17, 15) is 0 Å². The number of likely N-dealkylation sites (N-methyl/N-ethyl adjacent to an activating group) is 1. The molecule has 0 aromatic heterocycles. The summed E-state index contributed by atoms with van der Waals surface area (Å²) < 4.78 is 1.22. The number of hydrogen-bond donors (Lipinski definition) is 1. The van der Waals surface area contributed by atoms with E-state index in [1.54, 1.807) is 0 Å². The fraction of sp³-hybridized carbons (Fsp3) is 0.625. The van der Waals surface area contributed by atoms with Gasteiger partial charge in [-0.05, 0) is 67.1 Å². The maximum Gasteiger partial charge on any atom is 0.0511 e. The molecular formula is C16H26BrN3. The van der Waals surface area contributed by atoms with Crippen LogP contribution in [0, 0.1) is 0 Å². The van der Waals surface area contributed by atoms with Gasteiger partial charge < -0.3 is 15.1 Å². The quantitative estimate of drug-likeness (QED) is 0.803. The number of benzene rings is 1. The topological polar surface area (TPSA) is 18.5 Å². The fourth-order valence-electron chi connectivity index (χ4n) is 2.71. The molecule has 1 aliphatic heterocycles. The van der Waals surface area contributed by atoms with Crippen LogP contribution < -0.4 is 10.2 Å². The van der Waals surface area contributed by atoms with E-state index in [-0.39, 0.29) is 0 Å². The van der Waals surface area contributed by atoms with Crippen molar-refractivity contribution in [3.63, 3.8) is 0 Å². The molecule has 2 rings (SSSR count). The van der Waals surface area contributed by atoms with Gasteiger partial charge in [-0.25, -0.2) is 0 Å². The second kappa shape index (κ2) is 7.43. The second-order valence-corrected chi connectivity index (χ2v) is 6.67. The SMILES string of the molecule is CCCNCc1ccc(N2CCC(N(C)C)C2)c(Br)c1. The Morgan fingerprint density at radius 3 is 2.80 bits per heavy atom. The minimum Gasteiger partial charge on any atom is -0.369 e. The number of anilines is 1. The zero-order valence-electron chi connectivity index (χ0n) is 12.8. The maximum absolute atomic E-state index is 3.74. The van der Waals surface area contributed by atoms with E-state index in [2.05, 4.69) is 70.3 Å². The summed E-state index contributed by atoms with van der Waals surface area (Å²) >= 11 is 3.74. The lowest BCUT2D eigenvalue weighted by molar-refractivity contribution is 0.315. The van der Waals surface area contributed by atoms with Crippen molar-refractivity contribution >= 4 is 21.6 Å². The molecule has 3 nitrogen and oxygen atoms in total. The first-order valence-corrected chi connectivity index (χ1v) is 8.31. The molecular weight excluding hydrogens is 314 g/mol. The fourth-order valence-corrected chi connectivity index (χ4v) is 3.39. The van der Waals surface area contributed by atoms with Crippen molar-refractivity contribution in [1.29, 1.82) is 0 Å². The first-order chi connectivity index (χ1) is 9.61. The Kier molecular flexibility index (Phi) is 5.87. The third kappa shape index (κ3) is 3.96. The minimum absolute atomic E-state index is 0.674. The Morgan fingerprint density at radius 1 is 1.40 bits per heavy atom. The van der Waals surface area contributed by atoms with Crippen molar-refractivity contribution in [3.8, 4) is 0 Å². The number of rotatable bonds is 6. The Labute approximate surface area is 131 Å². The Balaban J connectivity index is 1.99. The van der Waals surface area contributed by atoms with Gasteiger partial charge in [0.1, 0.15) is 0 Å². The van der Waals surface area contributed by atoms with E-state index in [1.807, 2.05) is 0 Å². The van der Waals surface area contributed by atoms with E-state index in [1.165, 1.54) is 28.6 Å². The molecule has 20 heavy (non-hydrogen) atoms. The summed E-state index contributed by atoms with van der Waals surface area (Å²) in [5, 5.41) is 3.45. The predicted molar refractivity (Wildman–Crippen MR) is 90.4 cm³/mol. The van der Waals surface area contributed by atoms with Gasteiger partial charge >= 0.3 is 0 Å². The van der Waals surface area contributed by atoms with Gasteiger partial charge in [0, 0.05) is 30.1 Å². The molecule has 0 aliphatic carbocycles. The predicted octanol–water partition coefficient (Wildman–Crippen LogP) is 3.09. The molecule has 0 saturated carbocycles. The van der Waals surface area contributed by atoms with E-state index in [0.29, 0.717) is 6.04 Å². The Bertz CT molecular complexity index is 434. The summed E-state index contributed by atoms with van der Waals surface area (Å²) in [7, 11) is 4.34. The van der Waals surface area contributed by atoms with Crippen LogP contribution in [0.25, 0.3) is 0 Å². The lowest BCUT2D eigenvalue weighted by atomic mass is 10.2. The molecule has 1 heterocycles. The van der Waals surface area contributed by atoms with Crippen LogP contribution in [-0.2, 0) is 6.54 Å². The van der Waals surface area contributed by atoms with Crippen LogP contribution in [0.5, 0.6) is 0 Å². The van der Waals surface area contributed by atoms with Crippen molar-refractivity contribution in [2.75, 3.05) is 38.6 Å². The molecule has 112 valence electrons. The van der Waals surface area contributed by atoms with Gasteiger partial charge in [-0.2, -0.15) is 0 Å². The average Bonchev–Trinajstić information content (AvgIpc) is 2.89. The lowest BCUT2D eigenvalue weighted by Crippen LogP contribution is -2.31. The summed E-state index contributed by atoms with van der Waals surface area (Å²) in [5.41, 5.74) is 2.67. The highest BCUT2D eigenvalue weighted by atomic mass is 79.9. The molecule has 1 N–H and O–H groups in total. The molecule has 1 saturated heterocycles. The molecule has 1 aliphatic rings. The van der Waals surface area contributed by atoms with Gasteiger partial charge in [0.2, 0.25) is 0 Å². The zero-order chi connectivity index (χ0) is 14.5. The molecule has 1 atom stereocenters. The van der Waals surface area contributed by atoms with Gasteiger partial charge in [-0.1, -0.05) is 13.0 Å². The summed E-state index contributed by atoms with van der Waals surface area (Å²) in [6, 6.07) is 7.42. The normalized spacial score (nSPS) is 19.1. The molecule has 1 unspecified atom stereocenters. The van der Waals surface area contributed by atoms with Gasteiger partial charge in [-0.15, -0.1) is 0 Å². The van der Waals surface area contributed by atoms with E-state index in [4.69, 9.17) is 0 Å². The third-order valence-electron chi connectivity index (χ3n) is 4.00. The number of hydrogen-bond acceptors (Lipinski definition) is 3. The van der Waals surface area contributed by atoms with Crippen LogP contribution in [0.2, 0.25) is 0 Å². The molecule has 1 aromatic rings. The lowest BCUT2D eigenvalue weighted by Gasteiger charge is -2.23. The number of halogens is 1. The monoisotopic (exact) mass is 339 g/mol. The molecule has 0 bridgehead atoms. The van der Waals surface area contributed by atoms with Crippen molar-refractivity contribution in [2.24, 2.45) is 0 Å². The summed E-state index contributed by atoms with van der Waals surface area (Å²) in [4.78, 5) is 4.81. The molecule has 4 heteroatoms. The maximum atomic E-state index is 3.74. The number of nitrogens with zero attached hydrogens (tertiary/aromatic N) is 2. The van der Waals surface area contributed by atoms with Gasteiger partial charge in [0.25, 0.3) is 0 Å². The van der Waals surface area contributed by atoms with Crippen LogP contribution in [0.15, 0.2) is 22.7 Å². The van der Waals surface area contributed by atoms with Crippen LogP contribution in [0.4, 0.5) is 5.69 Å². The summed E-state index contributed by atoms with van der Waals surface area (Å²) in [6.07, 6.45) is 2.43. The van der Waals surface area contributed by atoms with Crippen molar-refractivity contribution in [3.05, 3.63) is 28.2 Å². The molecule has 0 amide bonds. The van der Waals surface area contributed by atoms with Crippen LogP contribution in [0.3, 0.4) is 0 Å². The Hall–Kier alpha value is -0.580. The van der Waals surface area contributed by atoms with Crippen molar-refractivity contribution < 1.29 is 0 Å². The molecule has 1 fully saturated rings. The molecule has 1 aromatic carbocycles. The Morgan fingerprint density at radius 2 is 2.20 bits per heavy atom. The zero-order valence-corrected chi connectivity index (χ0v) is 14.4. The first-order valence-electron chi connectivity index (χ1n) is 7.52. The first kappa shape index (κ1) is 15.8. The highest BCUT2D eigenvalue weighted by Crippen LogP contribution is 2.30. The standard InChI is InChI=1S/C16H26BrN3/c1-4-8-18-11-13-5-6-16(15(17)10-13)20-9-7-14(12-20)19(2)3/h5-6,10,14,18H,4,7-9,11-12H2,1-3H3. The van der Waals surface area contributed by atoms with Gasteiger partial charge in [0.15, 0.2) is 0 Å². The largest absolute Gasteiger partial charge is 0.369 e. The van der Waals surface area contributed by atoms with Crippen molar-refractivity contribution in [2.45, 2.75) is 32.4 Å². The minimum atomic E-state index is 0.674. The van der Waals surface area contributed by atoms with Crippen LogP contribution >= 0.6 is 15.9 Å². The highest BCUT2D eigenvalue weighted by molar-refractivity contribution is 9.10. The second-order valence-electron chi connectivity index (χ2n) is 5.81. The highest BCUT2D eigenvalue weighted by Gasteiger charge is 2.25. The molecule has 0 radical (unpaired) electrons. The van der Waals surface area contributed by atoms with Crippen molar-refractivity contribution in [1.82, 2.24) is 10.2 Å². The van der Waals surface area contributed by atoms with E-state index >= 15 is 0 Å². The van der Waals surface area contributed by atoms with E-state index < -0.39 is 0 Å². The van der Waals surface area contributed by atoms with Crippen LogP contribution in [-0.4, -0.2) is 44.7 Å². The molecule has 0 spiro atoms. The number of nitrogens with one attached hydrogen (secondary N) is 1. The summed E-state index contributed by atoms with van der Waals surface area (Å²) in [6.45, 7) is 6.50. The average molecular weight is 340 g/mol.